The van der Waals surface area contributed by atoms with Gasteiger partial charge in [0.25, 0.3) is 11.8 Å². The van der Waals surface area contributed by atoms with Gasteiger partial charge in [-0.1, -0.05) is 13.8 Å². The van der Waals surface area contributed by atoms with Crippen LogP contribution in [0.1, 0.15) is 32.6 Å². The molecule has 1 saturated heterocycles. The fourth-order valence-electron chi connectivity index (χ4n) is 2.53. The molecular formula is C14H15BrN4O4. The van der Waals surface area contributed by atoms with Gasteiger partial charge in [-0.2, -0.15) is 0 Å². The highest BCUT2D eigenvalue weighted by molar-refractivity contribution is 9.10. The van der Waals surface area contributed by atoms with Gasteiger partial charge in [0.2, 0.25) is 5.89 Å². The van der Waals surface area contributed by atoms with E-state index < -0.39 is 11.6 Å². The van der Waals surface area contributed by atoms with Crippen LogP contribution in [0.25, 0.3) is 11.7 Å². The van der Waals surface area contributed by atoms with E-state index in [2.05, 4.69) is 31.4 Å². The fraction of sp³-hybridized carbons (Fsp3) is 0.429. The number of hydrogen-bond donors (Lipinski definition) is 1. The van der Waals surface area contributed by atoms with E-state index >= 15 is 0 Å². The van der Waals surface area contributed by atoms with Crippen LogP contribution in [0, 0.1) is 0 Å². The highest BCUT2D eigenvalue weighted by atomic mass is 79.9. The molecule has 0 spiro atoms. The third kappa shape index (κ3) is 2.65. The highest BCUT2D eigenvalue weighted by Gasteiger charge is 2.49. The smallest absolute Gasteiger partial charge is 0.325 e. The van der Waals surface area contributed by atoms with Crippen molar-refractivity contribution in [2.45, 2.75) is 38.8 Å². The zero-order valence-corrected chi connectivity index (χ0v) is 14.2. The van der Waals surface area contributed by atoms with E-state index in [4.69, 9.17) is 8.83 Å². The zero-order chi connectivity index (χ0) is 16.6. The molecule has 0 unspecified atom stereocenters. The first-order valence-corrected chi connectivity index (χ1v) is 8.00. The lowest BCUT2D eigenvalue weighted by Gasteiger charge is -2.22. The molecule has 2 aromatic heterocycles. The van der Waals surface area contributed by atoms with Crippen LogP contribution in [-0.4, -0.2) is 32.6 Å². The van der Waals surface area contributed by atoms with Crippen LogP contribution in [0.15, 0.2) is 25.6 Å². The number of nitrogens with one attached hydrogen (secondary N) is 1. The maximum absolute atomic E-state index is 12.5. The molecule has 1 aliphatic rings. The quantitative estimate of drug-likeness (QED) is 0.797. The Morgan fingerprint density at radius 1 is 1.22 bits per heavy atom. The summed E-state index contributed by atoms with van der Waals surface area (Å²) in [6, 6.07) is 2.93. The molecule has 3 rings (SSSR count). The SMILES string of the molecule is CCC1(CC)NC(=O)N(Cc2nnc(-c3ccc(Br)o3)o2)C1=O. The van der Waals surface area contributed by atoms with Gasteiger partial charge in [0.1, 0.15) is 12.1 Å². The molecule has 1 N–H and O–H groups in total. The first-order chi connectivity index (χ1) is 11.0. The van der Waals surface area contributed by atoms with E-state index in [1.807, 2.05) is 13.8 Å². The molecule has 0 bridgehead atoms. The summed E-state index contributed by atoms with van der Waals surface area (Å²) in [5.74, 6) is 0.492. The summed E-state index contributed by atoms with van der Waals surface area (Å²) in [5, 5.41) is 10.5. The molecule has 2 aromatic rings. The molecule has 3 amide bonds. The van der Waals surface area contributed by atoms with Gasteiger partial charge in [0.15, 0.2) is 10.4 Å². The zero-order valence-electron chi connectivity index (χ0n) is 12.6. The molecule has 1 aliphatic heterocycles. The van der Waals surface area contributed by atoms with Crippen LogP contribution in [0.2, 0.25) is 0 Å². The maximum atomic E-state index is 12.5. The lowest BCUT2D eigenvalue weighted by atomic mass is 9.93. The van der Waals surface area contributed by atoms with E-state index in [-0.39, 0.29) is 24.2 Å². The van der Waals surface area contributed by atoms with Gasteiger partial charge in [0, 0.05) is 0 Å². The molecule has 0 radical (unpaired) electrons. The topological polar surface area (TPSA) is 101 Å². The normalized spacial score (nSPS) is 16.9. The molecule has 8 nitrogen and oxygen atoms in total. The fourth-order valence-corrected chi connectivity index (χ4v) is 2.84. The maximum Gasteiger partial charge on any atom is 0.325 e. The van der Waals surface area contributed by atoms with Crippen molar-refractivity contribution in [3.05, 3.63) is 22.7 Å². The van der Waals surface area contributed by atoms with Crippen molar-refractivity contribution in [2.75, 3.05) is 0 Å². The van der Waals surface area contributed by atoms with Gasteiger partial charge < -0.3 is 14.2 Å². The van der Waals surface area contributed by atoms with Gasteiger partial charge in [-0.25, -0.2) is 4.79 Å². The summed E-state index contributed by atoms with van der Waals surface area (Å²) < 4.78 is 11.3. The Balaban J connectivity index is 1.79. The molecule has 122 valence electrons. The minimum absolute atomic E-state index is 0.0682. The number of carbonyl (C=O) groups is 2. The van der Waals surface area contributed by atoms with Crippen LogP contribution in [0.3, 0.4) is 0 Å². The number of hydrogen-bond acceptors (Lipinski definition) is 6. The van der Waals surface area contributed by atoms with Gasteiger partial charge in [-0.3, -0.25) is 9.69 Å². The number of rotatable bonds is 5. The number of carbonyl (C=O) groups excluding carboxylic acids is 2. The molecule has 0 saturated carbocycles. The first-order valence-electron chi connectivity index (χ1n) is 7.21. The van der Waals surface area contributed by atoms with Crippen molar-refractivity contribution in [1.29, 1.82) is 0 Å². The minimum atomic E-state index is -0.841. The monoisotopic (exact) mass is 382 g/mol. The van der Waals surface area contributed by atoms with Crippen molar-refractivity contribution in [2.24, 2.45) is 0 Å². The van der Waals surface area contributed by atoms with Crippen molar-refractivity contribution in [1.82, 2.24) is 20.4 Å². The Bertz CT molecular complexity index is 750. The number of urea groups is 1. The van der Waals surface area contributed by atoms with E-state index in [0.29, 0.717) is 23.3 Å². The van der Waals surface area contributed by atoms with E-state index in [1.54, 1.807) is 12.1 Å². The van der Waals surface area contributed by atoms with Crippen molar-refractivity contribution in [3.8, 4) is 11.7 Å². The Hall–Kier alpha value is -2.16. The lowest BCUT2D eigenvalue weighted by Crippen LogP contribution is -2.45. The van der Waals surface area contributed by atoms with E-state index in [1.165, 1.54) is 0 Å². The molecule has 23 heavy (non-hydrogen) atoms. The van der Waals surface area contributed by atoms with Crippen LogP contribution in [0.4, 0.5) is 4.79 Å². The number of amides is 3. The van der Waals surface area contributed by atoms with Gasteiger partial charge in [0.05, 0.1) is 0 Å². The summed E-state index contributed by atoms with van der Waals surface area (Å²) in [7, 11) is 0. The molecule has 0 aliphatic carbocycles. The number of aromatic nitrogens is 2. The summed E-state index contributed by atoms with van der Waals surface area (Å²) in [5.41, 5.74) is -0.841. The van der Waals surface area contributed by atoms with Crippen LogP contribution < -0.4 is 5.32 Å². The lowest BCUT2D eigenvalue weighted by molar-refractivity contribution is -0.132. The second-order valence-corrected chi connectivity index (χ2v) is 6.00. The Morgan fingerprint density at radius 2 is 1.96 bits per heavy atom. The third-order valence-corrected chi connectivity index (χ3v) is 4.42. The molecule has 0 aromatic carbocycles. The van der Waals surface area contributed by atoms with Gasteiger partial charge in [-0.15, -0.1) is 10.2 Å². The molecule has 1 fully saturated rings. The van der Waals surface area contributed by atoms with E-state index in [0.717, 1.165) is 4.90 Å². The Labute approximate surface area is 140 Å². The average molecular weight is 383 g/mol. The summed E-state index contributed by atoms with van der Waals surface area (Å²) in [6.07, 6.45) is 1.06. The second kappa shape index (κ2) is 5.80. The van der Waals surface area contributed by atoms with Crippen LogP contribution in [-0.2, 0) is 11.3 Å². The number of imide groups is 1. The van der Waals surface area contributed by atoms with Crippen molar-refractivity contribution in [3.63, 3.8) is 0 Å². The van der Waals surface area contributed by atoms with Crippen molar-refractivity contribution < 1.29 is 18.4 Å². The summed E-state index contributed by atoms with van der Waals surface area (Å²) in [6.45, 7) is 3.66. The molecule has 3 heterocycles. The standard InChI is InChI=1S/C14H15BrN4O4/c1-3-14(4-2)12(20)19(13(21)16-14)7-10-17-18-11(23-10)8-5-6-9(15)22-8/h5-6H,3-4,7H2,1-2H3,(H,16,21). The second-order valence-electron chi connectivity index (χ2n) is 5.22. The van der Waals surface area contributed by atoms with Crippen LogP contribution >= 0.6 is 15.9 Å². The highest BCUT2D eigenvalue weighted by Crippen LogP contribution is 2.27. The van der Waals surface area contributed by atoms with Crippen LogP contribution in [0.5, 0.6) is 0 Å². The Morgan fingerprint density at radius 3 is 2.52 bits per heavy atom. The van der Waals surface area contributed by atoms with Crippen molar-refractivity contribution >= 4 is 27.9 Å². The number of furan rings is 1. The summed E-state index contributed by atoms with van der Waals surface area (Å²) >= 11 is 3.19. The van der Waals surface area contributed by atoms with Gasteiger partial charge >= 0.3 is 6.03 Å². The summed E-state index contributed by atoms with van der Waals surface area (Å²) in [4.78, 5) is 25.7. The van der Waals surface area contributed by atoms with Gasteiger partial charge in [-0.05, 0) is 40.9 Å². The number of nitrogens with zero attached hydrogens (tertiary/aromatic N) is 3. The van der Waals surface area contributed by atoms with E-state index in [9.17, 15) is 9.59 Å². The predicted molar refractivity (Wildman–Crippen MR) is 82.1 cm³/mol. The predicted octanol–water partition coefficient (Wildman–Crippen LogP) is 2.70. The Kier molecular flexibility index (Phi) is 3.97. The third-order valence-electron chi connectivity index (χ3n) is 4.00. The molecule has 0 atom stereocenters. The number of halogens is 1. The largest absolute Gasteiger partial charge is 0.444 e. The molecule has 9 heteroatoms. The first kappa shape index (κ1) is 15.7. The molecular weight excluding hydrogens is 368 g/mol. The average Bonchev–Trinajstić information content (AvgIpc) is 3.22. The minimum Gasteiger partial charge on any atom is -0.444 e.